The fourth-order valence-electron chi connectivity index (χ4n) is 3.40. The number of carboxylic acids is 1. The van der Waals surface area contributed by atoms with Crippen molar-refractivity contribution in [3.8, 4) is 0 Å². The molecule has 0 radical (unpaired) electrons. The van der Waals surface area contributed by atoms with Gasteiger partial charge < -0.3 is 15.7 Å². The van der Waals surface area contributed by atoms with E-state index in [9.17, 15) is 14.7 Å². The molecule has 0 aromatic rings. The van der Waals surface area contributed by atoms with Gasteiger partial charge in [0.1, 0.15) is 5.54 Å². The van der Waals surface area contributed by atoms with Gasteiger partial charge in [-0.25, -0.2) is 4.79 Å². The number of carbonyl (C=O) groups excluding carboxylic acids is 1. The van der Waals surface area contributed by atoms with Crippen LogP contribution in [-0.2, 0) is 9.59 Å². The van der Waals surface area contributed by atoms with Gasteiger partial charge in [0.15, 0.2) is 0 Å². The lowest BCUT2D eigenvalue weighted by molar-refractivity contribution is -0.151. The average molecular weight is 282 g/mol. The number of hydrogen-bond donors (Lipinski definition) is 3. The molecule has 3 N–H and O–H groups in total. The Morgan fingerprint density at radius 1 is 1.30 bits per heavy atom. The normalized spacial score (nSPS) is 37.6. The molecule has 114 valence electrons. The standard InChI is InChI=1S/C15H26N2O3/c1-3-14(8-9-16-10-14)12(18)17-15(13(19)20)6-4-11(2)5-7-15/h11,16H,3-10H2,1-2H3,(H,17,18)(H,19,20). The van der Waals surface area contributed by atoms with E-state index < -0.39 is 16.9 Å². The zero-order valence-corrected chi connectivity index (χ0v) is 12.5. The van der Waals surface area contributed by atoms with Crippen LogP contribution in [-0.4, -0.2) is 35.6 Å². The lowest BCUT2D eigenvalue weighted by Gasteiger charge is -2.39. The van der Waals surface area contributed by atoms with Gasteiger partial charge in [0.05, 0.1) is 5.41 Å². The molecule has 1 saturated heterocycles. The van der Waals surface area contributed by atoms with Gasteiger partial charge in [0.25, 0.3) is 0 Å². The highest BCUT2D eigenvalue weighted by Gasteiger charge is 2.47. The monoisotopic (exact) mass is 282 g/mol. The molecule has 1 heterocycles. The van der Waals surface area contributed by atoms with E-state index in [2.05, 4.69) is 17.6 Å². The number of hydrogen-bond acceptors (Lipinski definition) is 3. The van der Waals surface area contributed by atoms with Crippen molar-refractivity contribution in [3.63, 3.8) is 0 Å². The van der Waals surface area contributed by atoms with Crippen LogP contribution in [0.4, 0.5) is 0 Å². The molecule has 0 bridgehead atoms. The van der Waals surface area contributed by atoms with Crippen LogP contribution >= 0.6 is 0 Å². The second-order valence-electron chi connectivity index (χ2n) is 6.58. The Morgan fingerprint density at radius 2 is 1.95 bits per heavy atom. The van der Waals surface area contributed by atoms with Crippen LogP contribution in [0, 0.1) is 11.3 Å². The van der Waals surface area contributed by atoms with Crippen LogP contribution in [0.25, 0.3) is 0 Å². The largest absolute Gasteiger partial charge is 0.480 e. The molecule has 0 aromatic carbocycles. The zero-order valence-electron chi connectivity index (χ0n) is 12.5. The van der Waals surface area contributed by atoms with Gasteiger partial charge in [-0.1, -0.05) is 13.8 Å². The molecule has 2 rings (SSSR count). The molecule has 1 unspecified atom stereocenters. The first-order valence-electron chi connectivity index (χ1n) is 7.71. The van der Waals surface area contributed by atoms with E-state index in [4.69, 9.17) is 0 Å². The maximum Gasteiger partial charge on any atom is 0.329 e. The van der Waals surface area contributed by atoms with E-state index in [1.54, 1.807) is 0 Å². The minimum absolute atomic E-state index is 0.0815. The van der Waals surface area contributed by atoms with Crippen LogP contribution in [0.15, 0.2) is 0 Å². The summed E-state index contributed by atoms with van der Waals surface area (Å²) < 4.78 is 0. The van der Waals surface area contributed by atoms with Crippen LogP contribution in [0.1, 0.15) is 52.4 Å². The molecule has 20 heavy (non-hydrogen) atoms. The van der Waals surface area contributed by atoms with E-state index >= 15 is 0 Å². The molecule has 5 heteroatoms. The second-order valence-corrected chi connectivity index (χ2v) is 6.58. The molecule has 2 aliphatic rings. The Bertz CT molecular complexity index is 381. The molecule has 5 nitrogen and oxygen atoms in total. The third kappa shape index (κ3) is 2.68. The van der Waals surface area contributed by atoms with Crippen LogP contribution in [0.2, 0.25) is 0 Å². The molecule has 0 aromatic heterocycles. The highest BCUT2D eigenvalue weighted by molar-refractivity contribution is 5.90. The molecule has 1 saturated carbocycles. The number of carbonyl (C=O) groups is 2. The van der Waals surface area contributed by atoms with E-state index in [-0.39, 0.29) is 5.91 Å². The molecule has 2 fully saturated rings. The minimum atomic E-state index is -1.05. The highest BCUT2D eigenvalue weighted by atomic mass is 16.4. The minimum Gasteiger partial charge on any atom is -0.480 e. The maximum absolute atomic E-state index is 12.6. The van der Waals surface area contributed by atoms with Crippen molar-refractivity contribution in [3.05, 3.63) is 0 Å². The Balaban J connectivity index is 2.12. The number of nitrogens with one attached hydrogen (secondary N) is 2. The van der Waals surface area contributed by atoms with Crippen molar-refractivity contribution in [1.29, 1.82) is 0 Å². The van der Waals surface area contributed by atoms with Gasteiger partial charge in [-0.2, -0.15) is 0 Å². The Labute approximate surface area is 120 Å². The van der Waals surface area contributed by atoms with Gasteiger partial charge in [0.2, 0.25) is 5.91 Å². The Kier molecular flexibility index (Phi) is 4.37. The van der Waals surface area contributed by atoms with Crippen molar-refractivity contribution in [2.75, 3.05) is 13.1 Å². The number of rotatable bonds is 4. The topological polar surface area (TPSA) is 78.4 Å². The van der Waals surface area contributed by atoms with E-state index in [1.807, 2.05) is 6.92 Å². The van der Waals surface area contributed by atoms with Crippen molar-refractivity contribution in [2.45, 2.75) is 57.9 Å². The Hall–Kier alpha value is -1.10. The summed E-state index contributed by atoms with van der Waals surface area (Å²) in [6, 6.07) is 0. The van der Waals surface area contributed by atoms with E-state index in [1.165, 1.54) is 0 Å². The third-order valence-corrected chi connectivity index (χ3v) is 5.29. The van der Waals surface area contributed by atoms with Crippen molar-refractivity contribution >= 4 is 11.9 Å². The average Bonchev–Trinajstić information content (AvgIpc) is 2.91. The van der Waals surface area contributed by atoms with Crippen molar-refractivity contribution in [2.24, 2.45) is 11.3 Å². The van der Waals surface area contributed by atoms with Gasteiger partial charge in [-0.05, 0) is 51.0 Å². The summed E-state index contributed by atoms with van der Waals surface area (Å²) in [5, 5.41) is 15.7. The lowest BCUT2D eigenvalue weighted by Crippen LogP contribution is -2.59. The van der Waals surface area contributed by atoms with Gasteiger partial charge >= 0.3 is 5.97 Å². The molecule has 0 spiro atoms. The smallest absolute Gasteiger partial charge is 0.329 e. The van der Waals surface area contributed by atoms with Crippen molar-refractivity contribution in [1.82, 2.24) is 10.6 Å². The van der Waals surface area contributed by atoms with Gasteiger partial charge in [-0.15, -0.1) is 0 Å². The predicted molar refractivity (Wildman–Crippen MR) is 76.4 cm³/mol. The summed E-state index contributed by atoms with van der Waals surface area (Å²) in [5.74, 6) is -0.412. The summed E-state index contributed by atoms with van der Waals surface area (Å²) >= 11 is 0. The first-order valence-corrected chi connectivity index (χ1v) is 7.71. The van der Waals surface area contributed by atoms with Crippen LogP contribution in [0.5, 0.6) is 0 Å². The fourth-order valence-corrected chi connectivity index (χ4v) is 3.40. The highest BCUT2D eigenvalue weighted by Crippen LogP contribution is 2.35. The maximum atomic E-state index is 12.6. The number of aliphatic carboxylic acids is 1. The quantitative estimate of drug-likeness (QED) is 0.730. The zero-order chi connectivity index (χ0) is 14.8. The van der Waals surface area contributed by atoms with Gasteiger partial charge in [0, 0.05) is 6.54 Å². The molecule has 1 aliphatic heterocycles. The number of amides is 1. The summed E-state index contributed by atoms with van der Waals surface area (Å²) in [5.41, 5.74) is -1.47. The van der Waals surface area contributed by atoms with Crippen LogP contribution < -0.4 is 10.6 Å². The first-order chi connectivity index (χ1) is 9.44. The van der Waals surface area contributed by atoms with Gasteiger partial charge in [-0.3, -0.25) is 4.79 Å². The number of carboxylic acid groups (broad SMARTS) is 1. The molecule has 1 amide bonds. The molecular formula is C15H26N2O3. The van der Waals surface area contributed by atoms with E-state index in [0.717, 1.165) is 32.2 Å². The van der Waals surface area contributed by atoms with Crippen LogP contribution in [0.3, 0.4) is 0 Å². The fraction of sp³-hybridized carbons (Fsp3) is 0.867. The SMILES string of the molecule is CCC1(C(=O)NC2(C(=O)O)CCC(C)CC2)CCNC1. The summed E-state index contributed by atoms with van der Waals surface area (Å²) in [7, 11) is 0. The first kappa shape index (κ1) is 15.3. The van der Waals surface area contributed by atoms with E-state index in [0.29, 0.717) is 25.3 Å². The Morgan fingerprint density at radius 3 is 2.40 bits per heavy atom. The summed E-state index contributed by atoms with van der Waals surface area (Å²) in [4.78, 5) is 24.3. The summed E-state index contributed by atoms with van der Waals surface area (Å²) in [6.07, 6.45) is 4.36. The van der Waals surface area contributed by atoms with Crippen molar-refractivity contribution < 1.29 is 14.7 Å². The molecular weight excluding hydrogens is 256 g/mol. The third-order valence-electron chi connectivity index (χ3n) is 5.29. The molecule has 1 atom stereocenters. The second kappa shape index (κ2) is 5.72. The lowest BCUT2D eigenvalue weighted by atomic mass is 9.75. The predicted octanol–water partition coefficient (Wildman–Crippen LogP) is 1.53. The molecule has 1 aliphatic carbocycles. The summed E-state index contributed by atoms with van der Waals surface area (Å²) in [6.45, 7) is 5.63.